The lowest BCUT2D eigenvalue weighted by atomic mass is 9.91. The van der Waals surface area contributed by atoms with E-state index in [1.807, 2.05) is 31.3 Å². The summed E-state index contributed by atoms with van der Waals surface area (Å²) in [6.45, 7) is 1.23. The van der Waals surface area contributed by atoms with Gasteiger partial charge in [0.05, 0.1) is 38.3 Å². The molecule has 0 spiro atoms. The van der Waals surface area contributed by atoms with E-state index in [-0.39, 0.29) is 22.3 Å². The van der Waals surface area contributed by atoms with Crippen molar-refractivity contribution in [3.05, 3.63) is 30.1 Å². The number of imidazole rings is 1. The topological polar surface area (TPSA) is 72.1 Å². The first-order valence-electron chi connectivity index (χ1n) is 7.45. The summed E-state index contributed by atoms with van der Waals surface area (Å²) in [6, 6.07) is 7.60. The fourth-order valence-corrected chi connectivity index (χ4v) is 3.07. The van der Waals surface area contributed by atoms with E-state index in [4.69, 9.17) is 4.74 Å². The van der Waals surface area contributed by atoms with Gasteiger partial charge in [0.2, 0.25) is 5.78 Å². The Morgan fingerprint density at radius 2 is 1.95 bits per heavy atom. The molecule has 116 valence electrons. The van der Waals surface area contributed by atoms with Crippen molar-refractivity contribution in [2.24, 2.45) is 5.92 Å². The monoisotopic (exact) mass is 302 g/mol. The van der Waals surface area contributed by atoms with Crippen molar-refractivity contribution < 1.29 is 18.8 Å². The summed E-state index contributed by atoms with van der Waals surface area (Å²) in [6.07, 6.45) is 1.10. The molecule has 6 nitrogen and oxygen atoms in total. The number of amides is 1. The number of fused-ring (bicyclic) bond motifs is 1. The molecule has 22 heavy (non-hydrogen) atoms. The number of aromatic nitrogens is 2. The second-order valence-electron chi connectivity index (χ2n) is 6.05. The number of quaternary nitrogens is 1. The highest BCUT2D eigenvalue weighted by Crippen LogP contribution is 2.26. The minimum absolute atomic E-state index is 0.0346. The quantitative estimate of drug-likeness (QED) is 0.683. The molecule has 0 radical (unpaired) electrons. The molecule has 0 aliphatic carbocycles. The first-order chi connectivity index (χ1) is 10.5. The lowest BCUT2D eigenvalue weighted by molar-refractivity contribution is -0.843. The van der Waals surface area contributed by atoms with Crippen molar-refractivity contribution in [2.75, 3.05) is 27.2 Å². The summed E-state index contributed by atoms with van der Waals surface area (Å²) < 4.78 is 5.08. The highest BCUT2D eigenvalue weighted by molar-refractivity contribution is 5.97. The number of methoxy groups -OCH3 is 1. The highest BCUT2D eigenvalue weighted by atomic mass is 16.5. The third-order valence-corrected chi connectivity index (χ3v) is 4.55. The van der Waals surface area contributed by atoms with Crippen LogP contribution in [0.25, 0.3) is 11.0 Å². The van der Waals surface area contributed by atoms with E-state index in [0.29, 0.717) is 31.8 Å². The van der Waals surface area contributed by atoms with Crippen molar-refractivity contribution in [3.8, 4) is 0 Å². The first kappa shape index (κ1) is 14.7. The van der Waals surface area contributed by atoms with E-state index in [0.717, 1.165) is 11.0 Å². The van der Waals surface area contributed by atoms with Crippen molar-refractivity contribution >= 4 is 22.9 Å². The number of hydrogen-bond acceptors (Lipinski definition) is 4. The molecular formula is C16H20N3O3+. The molecule has 1 aliphatic rings. The minimum Gasteiger partial charge on any atom is -0.423 e. The maximum absolute atomic E-state index is 12.6. The van der Waals surface area contributed by atoms with Crippen molar-refractivity contribution in [1.29, 1.82) is 0 Å². The molecule has 0 bridgehead atoms. The summed E-state index contributed by atoms with van der Waals surface area (Å²) >= 11 is 0. The molecule has 3 rings (SSSR count). The number of ether oxygens (including phenoxy) is 1. The molecule has 0 saturated carbocycles. The fraction of sp³-hybridized carbons (Fsp3) is 0.438. The lowest BCUT2D eigenvalue weighted by Gasteiger charge is -2.35. The summed E-state index contributed by atoms with van der Waals surface area (Å²) in [5, 5.41) is 0. The van der Waals surface area contributed by atoms with Crippen LogP contribution in [-0.2, 0) is 4.74 Å². The normalized spacial score (nSPS) is 25.1. The molecule has 0 atom stereocenters. The fourth-order valence-electron chi connectivity index (χ4n) is 3.07. The van der Waals surface area contributed by atoms with Crippen molar-refractivity contribution in [2.45, 2.75) is 12.8 Å². The van der Waals surface area contributed by atoms with Crippen LogP contribution in [0.5, 0.6) is 0 Å². The Hall–Kier alpha value is -2.21. The zero-order chi connectivity index (χ0) is 15.7. The maximum atomic E-state index is 12.6. The third-order valence-electron chi connectivity index (χ3n) is 4.55. The smallest absolute Gasteiger partial charge is 0.423 e. The summed E-state index contributed by atoms with van der Waals surface area (Å²) in [5.41, 5.74) is 1.67. The maximum Gasteiger partial charge on any atom is 0.515 e. The second-order valence-corrected chi connectivity index (χ2v) is 6.05. The van der Waals surface area contributed by atoms with Crippen LogP contribution in [-0.4, -0.2) is 53.6 Å². The van der Waals surface area contributed by atoms with Gasteiger partial charge in [-0.3, -0.25) is 4.79 Å². The average Bonchev–Trinajstić information content (AvgIpc) is 2.98. The predicted molar refractivity (Wildman–Crippen MR) is 81.5 cm³/mol. The van der Waals surface area contributed by atoms with Gasteiger partial charge in [0.1, 0.15) is 0 Å². The van der Waals surface area contributed by atoms with Gasteiger partial charge >= 0.3 is 6.09 Å². The largest absolute Gasteiger partial charge is 0.515 e. The third kappa shape index (κ3) is 2.50. The number of likely N-dealkylation sites (tertiary alicyclic amines) is 1. The molecule has 2 heterocycles. The molecule has 1 amide bonds. The number of nitrogens with zero attached hydrogens (tertiary/aromatic N) is 2. The van der Waals surface area contributed by atoms with Gasteiger partial charge in [-0.15, -0.1) is 0 Å². The molecule has 1 fully saturated rings. The van der Waals surface area contributed by atoms with Crippen molar-refractivity contribution in [3.63, 3.8) is 0 Å². The Bertz CT molecular complexity index is 681. The average molecular weight is 302 g/mol. The van der Waals surface area contributed by atoms with Crippen LogP contribution in [0.1, 0.15) is 23.5 Å². The van der Waals surface area contributed by atoms with E-state index in [2.05, 4.69) is 9.97 Å². The molecule has 1 N–H and O–H groups in total. The van der Waals surface area contributed by atoms with Gasteiger partial charge < -0.3 is 9.72 Å². The number of H-pyrrole nitrogens is 1. The Balaban J connectivity index is 1.73. The lowest BCUT2D eigenvalue weighted by Crippen LogP contribution is -2.54. The van der Waals surface area contributed by atoms with Crippen LogP contribution in [0.4, 0.5) is 4.79 Å². The zero-order valence-corrected chi connectivity index (χ0v) is 12.8. The van der Waals surface area contributed by atoms with Crippen LogP contribution in [0, 0.1) is 5.92 Å². The Labute approximate surface area is 128 Å². The molecule has 1 aromatic heterocycles. The molecule has 6 heteroatoms. The van der Waals surface area contributed by atoms with Crippen LogP contribution in [0.2, 0.25) is 0 Å². The van der Waals surface area contributed by atoms with Gasteiger partial charge in [0.25, 0.3) is 0 Å². The van der Waals surface area contributed by atoms with Gasteiger partial charge in [-0.2, -0.15) is 4.79 Å². The van der Waals surface area contributed by atoms with Crippen LogP contribution >= 0.6 is 0 Å². The van der Waals surface area contributed by atoms with Crippen LogP contribution in [0.3, 0.4) is 0 Å². The summed E-state index contributed by atoms with van der Waals surface area (Å²) in [4.78, 5) is 31.9. The SMILES string of the molecule is COC(=O)[N+]1(C)CCC(C(=O)c2nc3ccccc3[nH]2)CC1. The number of para-hydroxylation sites is 2. The van der Waals surface area contributed by atoms with Gasteiger partial charge in [-0.1, -0.05) is 12.1 Å². The summed E-state index contributed by atoms with van der Waals surface area (Å²) in [5.74, 6) is 0.365. The van der Waals surface area contributed by atoms with Gasteiger partial charge in [-0.25, -0.2) is 9.47 Å². The first-order valence-corrected chi connectivity index (χ1v) is 7.45. The van der Waals surface area contributed by atoms with Gasteiger partial charge in [0, 0.05) is 18.8 Å². The molecule has 2 aromatic rings. The van der Waals surface area contributed by atoms with E-state index in [1.54, 1.807) is 0 Å². The van der Waals surface area contributed by atoms with E-state index in [9.17, 15) is 9.59 Å². The molecule has 0 unspecified atom stereocenters. The number of rotatable bonds is 2. The number of aromatic amines is 1. The number of benzene rings is 1. The standard InChI is InChI=1S/C16H19N3O3/c1-19(16(21)22-2)9-7-11(8-10-19)14(20)15-17-12-5-3-4-6-13(12)18-15/h3-6,11H,7-10H2,1-2H3/p+1. The summed E-state index contributed by atoms with van der Waals surface area (Å²) in [7, 11) is 3.26. The van der Waals surface area contributed by atoms with Gasteiger partial charge in [0.15, 0.2) is 5.82 Å². The molecular weight excluding hydrogens is 282 g/mol. The number of carbonyl (C=O) groups is 2. The Kier molecular flexibility index (Phi) is 3.70. The molecule has 1 aliphatic heterocycles. The van der Waals surface area contributed by atoms with Crippen LogP contribution < -0.4 is 0 Å². The number of ketones is 1. The molecule has 1 saturated heterocycles. The van der Waals surface area contributed by atoms with Crippen molar-refractivity contribution in [1.82, 2.24) is 9.97 Å². The van der Waals surface area contributed by atoms with E-state index < -0.39 is 0 Å². The number of hydrogen-bond donors (Lipinski definition) is 1. The number of carbonyl (C=O) groups excluding carboxylic acids is 2. The number of piperidine rings is 1. The highest BCUT2D eigenvalue weighted by Gasteiger charge is 2.40. The van der Waals surface area contributed by atoms with E-state index >= 15 is 0 Å². The van der Waals surface area contributed by atoms with Crippen LogP contribution in [0.15, 0.2) is 24.3 Å². The zero-order valence-electron chi connectivity index (χ0n) is 12.8. The van der Waals surface area contributed by atoms with Gasteiger partial charge in [-0.05, 0) is 12.1 Å². The Morgan fingerprint density at radius 1 is 1.27 bits per heavy atom. The predicted octanol–water partition coefficient (Wildman–Crippen LogP) is 2.37. The number of nitrogens with one attached hydrogen (secondary N) is 1. The minimum atomic E-state index is -0.241. The van der Waals surface area contributed by atoms with E-state index in [1.165, 1.54) is 7.11 Å². The second kappa shape index (κ2) is 5.53. The number of Topliss-reactive ketones (excluding diaryl/α,β-unsaturated/α-hetero) is 1. The molecule has 1 aromatic carbocycles. The Morgan fingerprint density at radius 3 is 2.59 bits per heavy atom.